The van der Waals surface area contributed by atoms with Gasteiger partial charge in [-0.1, -0.05) is 6.07 Å². The Bertz CT molecular complexity index is 1360. The minimum absolute atomic E-state index is 0.0938. The van der Waals surface area contributed by atoms with Crippen molar-refractivity contribution < 1.29 is 14.3 Å². The van der Waals surface area contributed by atoms with E-state index >= 15 is 0 Å². The van der Waals surface area contributed by atoms with Gasteiger partial charge in [0, 0.05) is 18.3 Å². The van der Waals surface area contributed by atoms with Crippen molar-refractivity contribution in [1.29, 1.82) is 0 Å². The summed E-state index contributed by atoms with van der Waals surface area (Å²) in [5, 5.41) is 10.1. The summed E-state index contributed by atoms with van der Waals surface area (Å²) >= 11 is 1.57. The van der Waals surface area contributed by atoms with Crippen LogP contribution >= 0.6 is 11.3 Å². The molecule has 1 unspecified atom stereocenters. The molecule has 0 saturated carbocycles. The molecule has 0 bridgehead atoms. The first-order valence-corrected chi connectivity index (χ1v) is 12.5. The highest BCUT2D eigenvalue weighted by Crippen LogP contribution is 2.31. The van der Waals surface area contributed by atoms with Crippen LogP contribution in [0.3, 0.4) is 0 Å². The van der Waals surface area contributed by atoms with E-state index in [4.69, 9.17) is 9.72 Å². The highest BCUT2D eigenvalue weighted by atomic mass is 32.1. The molecule has 0 aliphatic carbocycles. The van der Waals surface area contributed by atoms with E-state index in [9.17, 15) is 9.59 Å². The van der Waals surface area contributed by atoms with E-state index in [2.05, 4.69) is 10.4 Å². The number of benzene rings is 1. The molecule has 9 heteroatoms. The van der Waals surface area contributed by atoms with Gasteiger partial charge in [-0.15, -0.1) is 11.3 Å². The quantitative estimate of drug-likeness (QED) is 0.412. The zero-order valence-electron chi connectivity index (χ0n) is 19.9. The second-order valence-electron chi connectivity index (χ2n) is 8.83. The van der Waals surface area contributed by atoms with Crippen LogP contribution in [0.2, 0.25) is 0 Å². The van der Waals surface area contributed by atoms with Crippen LogP contribution < -0.4 is 10.1 Å². The number of fused-ring (bicyclic) bond motifs is 1. The molecule has 1 N–H and O–H groups in total. The molecule has 1 atom stereocenters. The van der Waals surface area contributed by atoms with Crippen molar-refractivity contribution in [3.63, 3.8) is 0 Å². The number of likely N-dealkylation sites (tertiary alicyclic amines) is 1. The SMILES string of the molecule is COc1ccc(NC(=O)C2CCCN2C(=O)c2cc(-c3cccs3)nc3c2cnn3C(C)C)cc1. The van der Waals surface area contributed by atoms with Crippen molar-refractivity contribution in [3.8, 4) is 16.3 Å². The van der Waals surface area contributed by atoms with Crippen LogP contribution in [0.1, 0.15) is 43.1 Å². The Hall–Kier alpha value is -3.72. The second kappa shape index (κ2) is 9.50. The molecule has 1 aliphatic rings. The second-order valence-corrected chi connectivity index (χ2v) is 9.77. The average molecular weight is 490 g/mol. The summed E-state index contributed by atoms with van der Waals surface area (Å²) in [6.07, 6.45) is 3.09. The van der Waals surface area contributed by atoms with Crippen molar-refractivity contribution in [2.75, 3.05) is 19.0 Å². The minimum Gasteiger partial charge on any atom is -0.497 e. The largest absolute Gasteiger partial charge is 0.497 e. The third kappa shape index (κ3) is 4.39. The Morgan fingerprint density at radius 2 is 2.00 bits per heavy atom. The molecule has 4 heterocycles. The number of nitrogens with zero attached hydrogens (tertiary/aromatic N) is 4. The summed E-state index contributed by atoms with van der Waals surface area (Å²) < 4.78 is 7.02. The Balaban J connectivity index is 1.48. The van der Waals surface area contributed by atoms with E-state index in [1.807, 2.05) is 42.1 Å². The molecule has 5 rings (SSSR count). The van der Waals surface area contributed by atoms with Gasteiger partial charge < -0.3 is 15.0 Å². The summed E-state index contributed by atoms with van der Waals surface area (Å²) in [6.45, 7) is 4.59. The molecule has 0 radical (unpaired) electrons. The maximum Gasteiger partial charge on any atom is 0.255 e. The molecule has 1 saturated heterocycles. The first-order valence-electron chi connectivity index (χ1n) is 11.6. The molecule has 2 amide bonds. The molecule has 1 fully saturated rings. The number of hydrogen-bond acceptors (Lipinski definition) is 6. The fourth-order valence-electron chi connectivity index (χ4n) is 4.46. The van der Waals surface area contributed by atoms with Gasteiger partial charge in [-0.25, -0.2) is 9.67 Å². The monoisotopic (exact) mass is 489 g/mol. The average Bonchev–Trinajstić information content (AvgIpc) is 3.63. The molecule has 0 spiro atoms. The van der Waals surface area contributed by atoms with Crippen molar-refractivity contribution in [2.45, 2.75) is 38.8 Å². The van der Waals surface area contributed by atoms with E-state index in [0.29, 0.717) is 41.0 Å². The third-order valence-electron chi connectivity index (χ3n) is 6.23. The highest BCUT2D eigenvalue weighted by molar-refractivity contribution is 7.13. The highest BCUT2D eigenvalue weighted by Gasteiger charge is 2.36. The van der Waals surface area contributed by atoms with E-state index in [1.54, 1.807) is 53.8 Å². The number of hydrogen-bond donors (Lipinski definition) is 1. The van der Waals surface area contributed by atoms with Crippen LogP contribution in [0.5, 0.6) is 5.75 Å². The number of carbonyl (C=O) groups is 2. The lowest BCUT2D eigenvalue weighted by Gasteiger charge is -2.24. The van der Waals surface area contributed by atoms with Gasteiger partial charge in [-0.05, 0) is 68.5 Å². The summed E-state index contributed by atoms with van der Waals surface area (Å²) in [5.41, 5.74) is 2.60. The third-order valence-corrected chi connectivity index (χ3v) is 7.13. The van der Waals surface area contributed by atoms with E-state index < -0.39 is 6.04 Å². The lowest BCUT2D eigenvalue weighted by molar-refractivity contribution is -0.119. The molecule has 35 heavy (non-hydrogen) atoms. The molecule has 4 aromatic rings. The number of amides is 2. The van der Waals surface area contributed by atoms with Gasteiger partial charge in [0.25, 0.3) is 5.91 Å². The molecular formula is C26H27N5O3S. The first kappa shape index (κ1) is 23.0. The fraction of sp³-hybridized carbons (Fsp3) is 0.308. The number of methoxy groups -OCH3 is 1. The van der Waals surface area contributed by atoms with E-state index in [0.717, 1.165) is 17.0 Å². The molecule has 3 aromatic heterocycles. The van der Waals surface area contributed by atoms with Crippen LogP contribution in [0.25, 0.3) is 21.6 Å². The number of aromatic nitrogens is 3. The number of rotatable bonds is 6. The van der Waals surface area contributed by atoms with Crippen LogP contribution in [0.15, 0.2) is 54.0 Å². The van der Waals surface area contributed by atoms with Gasteiger partial charge >= 0.3 is 0 Å². The number of pyridine rings is 1. The van der Waals surface area contributed by atoms with Gasteiger partial charge in [0.2, 0.25) is 5.91 Å². The van der Waals surface area contributed by atoms with Gasteiger partial charge in [0.1, 0.15) is 11.8 Å². The van der Waals surface area contributed by atoms with Crippen LogP contribution in [-0.2, 0) is 4.79 Å². The summed E-state index contributed by atoms with van der Waals surface area (Å²) in [4.78, 5) is 34.5. The topological polar surface area (TPSA) is 89.3 Å². The molecular weight excluding hydrogens is 462 g/mol. The van der Waals surface area contributed by atoms with E-state index in [-0.39, 0.29) is 17.9 Å². The van der Waals surface area contributed by atoms with Gasteiger partial charge in [0.05, 0.1) is 34.8 Å². The normalized spacial score (nSPS) is 15.7. The lowest BCUT2D eigenvalue weighted by Crippen LogP contribution is -2.43. The molecule has 8 nitrogen and oxygen atoms in total. The Labute approximate surface area is 207 Å². The first-order chi connectivity index (χ1) is 17.0. The number of nitrogens with one attached hydrogen (secondary N) is 1. The maximum atomic E-state index is 13.9. The van der Waals surface area contributed by atoms with Gasteiger partial charge in [-0.2, -0.15) is 5.10 Å². The van der Waals surface area contributed by atoms with Crippen LogP contribution in [0, 0.1) is 0 Å². The Kier molecular flexibility index (Phi) is 6.25. The van der Waals surface area contributed by atoms with Crippen molar-refractivity contribution >= 4 is 39.9 Å². The molecule has 1 aromatic carbocycles. The predicted molar refractivity (Wildman–Crippen MR) is 137 cm³/mol. The number of ether oxygens (including phenoxy) is 1. The van der Waals surface area contributed by atoms with Crippen molar-refractivity contribution in [3.05, 3.63) is 59.6 Å². The summed E-state index contributed by atoms with van der Waals surface area (Å²) in [6, 6.07) is 12.5. The Morgan fingerprint density at radius 3 is 2.69 bits per heavy atom. The fourth-order valence-corrected chi connectivity index (χ4v) is 5.15. The zero-order valence-corrected chi connectivity index (χ0v) is 20.7. The van der Waals surface area contributed by atoms with Crippen molar-refractivity contribution in [1.82, 2.24) is 19.7 Å². The van der Waals surface area contributed by atoms with Crippen LogP contribution in [0.4, 0.5) is 5.69 Å². The smallest absolute Gasteiger partial charge is 0.255 e. The maximum absolute atomic E-state index is 13.9. The predicted octanol–water partition coefficient (Wildman–Crippen LogP) is 4.99. The number of thiophene rings is 1. The zero-order chi connectivity index (χ0) is 24.5. The van der Waals surface area contributed by atoms with E-state index in [1.165, 1.54) is 0 Å². The lowest BCUT2D eigenvalue weighted by atomic mass is 10.1. The number of carbonyl (C=O) groups excluding carboxylic acids is 2. The molecule has 1 aliphatic heterocycles. The number of anilines is 1. The molecule has 180 valence electrons. The minimum atomic E-state index is -0.543. The van der Waals surface area contributed by atoms with Gasteiger partial charge in [-0.3, -0.25) is 9.59 Å². The van der Waals surface area contributed by atoms with Crippen molar-refractivity contribution in [2.24, 2.45) is 0 Å². The summed E-state index contributed by atoms with van der Waals surface area (Å²) in [7, 11) is 1.60. The summed E-state index contributed by atoms with van der Waals surface area (Å²) in [5.74, 6) is 0.347. The van der Waals surface area contributed by atoms with Gasteiger partial charge in [0.15, 0.2) is 5.65 Å². The van der Waals surface area contributed by atoms with Crippen LogP contribution in [-0.4, -0.2) is 51.2 Å². The Morgan fingerprint density at radius 1 is 1.20 bits per heavy atom. The standard InChI is InChI=1S/C26H27N5O3S/c1-16(2)31-24-20(15-27-31)19(14-21(29-24)23-7-5-13-35-23)26(33)30-12-4-6-22(30)25(32)28-17-8-10-18(34-3)11-9-17/h5,7-11,13-16,22H,4,6,12H2,1-3H3,(H,28,32).